The maximum absolute atomic E-state index is 14.4. The van der Waals surface area contributed by atoms with E-state index >= 15 is 0 Å². The van der Waals surface area contributed by atoms with Gasteiger partial charge in [-0.25, -0.2) is 4.79 Å². The number of amides is 2. The Morgan fingerprint density at radius 3 is 2.16 bits per heavy atom. The van der Waals surface area contributed by atoms with Crippen molar-refractivity contribution < 1.29 is 23.9 Å². The number of carbonyl (C=O) groups is 3. The molecule has 2 fully saturated rings. The van der Waals surface area contributed by atoms with Crippen molar-refractivity contribution in [2.24, 2.45) is 0 Å². The zero-order chi connectivity index (χ0) is 27.3. The first-order chi connectivity index (χ1) is 18.1. The number of carbonyl (C=O) groups excluding carboxylic acids is 3. The highest BCUT2D eigenvalue weighted by molar-refractivity contribution is 5.94. The van der Waals surface area contributed by atoms with Crippen LogP contribution >= 0.6 is 0 Å². The van der Waals surface area contributed by atoms with E-state index in [-0.39, 0.29) is 24.0 Å². The Labute approximate surface area is 225 Å². The van der Waals surface area contributed by atoms with E-state index in [9.17, 15) is 14.4 Å². The molecular weight excluding hydrogens is 482 g/mol. The summed E-state index contributed by atoms with van der Waals surface area (Å²) in [5.74, 6) is -0.182. The Morgan fingerprint density at radius 1 is 0.974 bits per heavy atom. The van der Waals surface area contributed by atoms with Gasteiger partial charge in [-0.3, -0.25) is 9.59 Å². The molecule has 4 rings (SSSR count). The van der Waals surface area contributed by atoms with E-state index in [4.69, 9.17) is 9.47 Å². The standard InChI is InChI=1S/C30H39N3O5/c1-29(2,3)38-28(36)31-20-18-30(19-21-31)27(35)32(22-33(30)24-14-9-6-10-15-24)25(16-11-17-26(34)37-4)23-12-7-5-8-13-23/h5-10,12-15,25H,11,16-22H2,1-4H3. The van der Waals surface area contributed by atoms with Crippen molar-refractivity contribution in [1.82, 2.24) is 9.80 Å². The topological polar surface area (TPSA) is 79.4 Å². The minimum atomic E-state index is -0.755. The molecule has 1 atom stereocenters. The summed E-state index contributed by atoms with van der Waals surface area (Å²) in [7, 11) is 1.39. The van der Waals surface area contributed by atoms with Crippen LogP contribution in [0, 0.1) is 0 Å². The van der Waals surface area contributed by atoms with Gasteiger partial charge >= 0.3 is 12.1 Å². The predicted octanol–water partition coefficient (Wildman–Crippen LogP) is 5.15. The summed E-state index contributed by atoms with van der Waals surface area (Å²) in [6.45, 7) is 6.89. The number of piperidine rings is 1. The molecule has 2 saturated heterocycles. The Kier molecular flexibility index (Phi) is 8.29. The number of rotatable bonds is 7. The van der Waals surface area contributed by atoms with E-state index in [1.807, 2.05) is 86.3 Å². The largest absolute Gasteiger partial charge is 0.469 e. The van der Waals surface area contributed by atoms with Gasteiger partial charge in [0.15, 0.2) is 0 Å². The summed E-state index contributed by atoms with van der Waals surface area (Å²) in [5.41, 5.74) is 0.697. The number of benzene rings is 2. The van der Waals surface area contributed by atoms with E-state index in [1.54, 1.807) is 4.90 Å². The number of hydrogen-bond donors (Lipinski definition) is 0. The maximum atomic E-state index is 14.4. The van der Waals surface area contributed by atoms with Crippen molar-refractivity contribution in [2.75, 3.05) is 31.8 Å². The minimum absolute atomic E-state index is 0.0668. The van der Waals surface area contributed by atoms with Crippen molar-refractivity contribution in [1.29, 1.82) is 0 Å². The van der Waals surface area contributed by atoms with Crippen LogP contribution < -0.4 is 4.90 Å². The zero-order valence-corrected chi connectivity index (χ0v) is 22.9. The number of hydrogen-bond acceptors (Lipinski definition) is 6. The average Bonchev–Trinajstić information content (AvgIpc) is 3.18. The molecule has 2 aliphatic heterocycles. The van der Waals surface area contributed by atoms with Gasteiger partial charge in [-0.2, -0.15) is 0 Å². The lowest BCUT2D eigenvalue weighted by Gasteiger charge is -2.43. The van der Waals surface area contributed by atoms with Crippen LogP contribution in [0.3, 0.4) is 0 Å². The van der Waals surface area contributed by atoms with E-state index < -0.39 is 11.1 Å². The second-order valence-corrected chi connectivity index (χ2v) is 11.1. The molecule has 2 aromatic carbocycles. The summed E-state index contributed by atoms with van der Waals surface area (Å²) in [4.78, 5) is 44.9. The number of ether oxygens (including phenoxy) is 2. The third-order valence-corrected chi connectivity index (χ3v) is 7.43. The molecule has 0 bridgehead atoms. The number of likely N-dealkylation sites (tertiary alicyclic amines) is 1. The van der Waals surface area contributed by atoms with Gasteiger partial charge in [0.2, 0.25) is 0 Å². The molecule has 2 amide bonds. The van der Waals surface area contributed by atoms with Crippen LogP contribution in [0.15, 0.2) is 60.7 Å². The molecule has 204 valence electrons. The second-order valence-electron chi connectivity index (χ2n) is 11.1. The lowest BCUT2D eigenvalue weighted by molar-refractivity contribution is -0.140. The van der Waals surface area contributed by atoms with Crippen LogP contribution in [-0.2, 0) is 19.1 Å². The summed E-state index contributed by atoms with van der Waals surface area (Å²) in [6.07, 6.45) is 2.25. The molecule has 2 heterocycles. The lowest BCUT2D eigenvalue weighted by atomic mass is 9.85. The third kappa shape index (κ3) is 5.95. The van der Waals surface area contributed by atoms with Gasteiger partial charge in [-0.05, 0) is 64.2 Å². The molecule has 0 aromatic heterocycles. The average molecular weight is 522 g/mol. The van der Waals surface area contributed by atoms with Crippen molar-refractivity contribution in [2.45, 2.75) is 70.1 Å². The van der Waals surface area contributed by atoms with Crippen molar-refractivity contribution in [3.8, 4) is 0 Å². The van der Waals surface area contributed by atoms with Crippen LogP contribution in [-0.4, -0.2) is 65.8 Å². The van der Waals surface area contributed by atoms with Crippen LogP contribution in [0.1, 0.15) is 64.5 Å². The van der Waals surface area contributed by atoms with Gasteiger partial charge < -0.3 is 24.2 Å². The number of anilines is 1. The number of esters is 1. The van der Waals surface area contributed by atoms with E-state index in [0.29, 0.717) is 51.9 Å². The SMILES string of the molecule is COC(=O)CCCC(c1ccccc1)N1CN(c2ccccc2)C2(CCN(C(=O)OC(C)(C)C)CC2)C1=O. The van der Waals surface area contributed by atoms with E-state index in [0.717, 1.165) is 11.3 Å². The van der Waals surface area contributed by atoms with Gasteiger partial charge in [-0.15, -0.1) is 0 Å². The van der Waals surface area contributed by atoms with Gasteiger partial charge in [0, 0.05) is 25.2 Å². The van der Waals surface area contributed by atoms with Crippen LogP contribution in [0.4, 0.5) is 10.5 Å². The van der Waals surface area contributed by atoms with E-state index in [2.05, 4.69) is 4.90 Å². The van der Waals surface area contributed by atoms with Crippen molar-refractivity contribution >= 4 is 23.7 Å². The van der Waals surface area contributed by atoms with Gasteiger partial charge in [-0.1, -0.05) is 48.5 Å². The van der Waals surface area contributed by atoms with Crippen molar-refractivity contribution in [3.63, 3.8) is 0 Å². The normalized spacial score (nSPS) is 18.0. The zero-order valence-electron chi connectivity index (χ0n) is 22.9. The molecule has 1 unspecified atom stereocenters. The molecule has 2 aliphatic rings. The quantitative estimate of drug-likeness (QED) is 0.469. The monoisotopic (exact) mass is 521 g/mol. The summed E-state index contributed by atoms with van der Waals surface area (Å²) >= 11 is 0. The predicted molar refractivity (Wildman–Crippen MR) is 145 cm³/mol. The van der Waals surface area contributed by atoms with Crippen LogP contribution in [0.25, 0.3) is 0 Å². The maximum Gasteiger partial charge on any atom is 0.410 e. The van der Waals surface area contributed by atoms with Gasteiger partial charge in [0.25, 0.3) is 5.91 Å². The third-order valence-electron chi connectivity index (χ3n) is 7.43. The first-order valence-electron chi connectivity index (χ1n) is 13.4. The Morgan fingerprint density at radius 2 is 1.58 bits per heavy atom. The molecule has 0 radical (unpaired) electrons. The molecule has 1 spiro atoms. The summed E-state index contributed by atoms with van der Waals surface area (Å²) in [6, 6.07) is 19.8. The highest BCUT2D eigenvalue weighted by atomic mass is 16.6. The Hall–Kier alpha value is -3.55. The van der Waals surface area contributed by atoms with E-state index in [1.165, 1.54) is 7.11 Å². The molecule has 0 aliphatic carbocycles. The number of nitrogens with zero attached hydrogens (tertiary/aromatic N) is 3. The second kappa shape index (κ2) is 11.5. The number of para-hydroxylation sites is 1. The Balaban J connectivity index is 1.62. The van der Waals surface area contributed by atoms with Gasteiger partial charge in [0.05, 0.1) is 19.8 Å². The molecule has 2 aromatic rings. The minimum Gasteiger partial charge on any atom is -0.469 e. The fraction of sp³-hybridized carbons (Fsp3) is 0.500. The summed E-state index contributed by atoms with van der Waals surface area (Å²) < 4.78 is 10.4. The highest BCUT2D eigenvalue weighted by Gasteiger charge is 2.55. The fourth-order valence-corrected chi connectivity index (χ4v) is 5.50. The summed E-state index contributed by atoms with van der Waals surface area (Å²) in [5, 5.41) is 0. The highest BCUT2D eigenvalue weighted by Crippen LogP contribution is 2.43. The molecule has 0 saturated carbocycles. The van der Waals surface area contributed by atoms with Crippen LogP contribution in [0.2, 0.25) is 0 Å². The van der Waals surface area contributed by atoms with Crippen molar-refractivity contribution in [3.05, 3.63) is 66.2 Å². The Bertz CT molecular complexity index is 1110. The van der Waals surface area contributed by atoms with Crippen LogP contribution in [0.5, 0.6) is 0 Å². The molecular formula is C30H39N3O5. The fourth-order valence-electron chi connectivity index (χ4n) is 5.50. The lowest BCUT2D eigenvalue weighted by Crippen LogP contribution is -2.57. The molecule has 8 heteroatoms. The first kappa shape index (κ1) is 27.5. The molecule has 8 nitrogen and oxygen atoms in total. The number of methoxy groups -OCH3 is 1. The first-order valence-corrected chi connectivity index (χ1v) is 13.4. The molecule has 38 heavy (non-hydrogen) atoms. The smallest absolute Gasteiger partial charge is 0.410 e. The van der Waals surface area contributed by atoms with Gasteiger partial charge in [0.1, 0.15) is 11.1 Å². The molecule has 0 N–H and O–H groups in total.